The van der Waals surface area contributed by atoms with Crippen LogP contribution in [0.2, 0.25) is 0 Å². The molecule has 0 bridgehead atoms. The number of aliphatic hydroxyl groups is 1. The number of carboxylic acids is 4. The van der Waals surface area contributed by atoms with Crippen LogP contribution < -0.4 is 10.1 Å². The molecule has 194 valence electrons. The van der Waals surface area contributed by atoms with Crippen molar-refractivity contribution in [2.75, 3.05) is 33.8 Å². The Kier molecular flexibility index (Phi) is 15.8. The van der Waals surface area contributed by atoms with Crippen molar-refractivity contribution in [3.63, 3.8) is 0 Å². The molecule has 0 radical (unpaired) electrons. The zero-order valence-corrected chi connectivity index (χ0v) is 19.5. The molecule has 2 rings (SSSR count). The number of fused-ring (bicyclic) bond motifs is 1. The van der Waals surface area contributed by atoms with Crippen LogP contribution in [0.5, 0.6) is 5.75 Å². The topological polar surface area (TPSA) is 194 Å². The van der Waals surface area contributed by atoms with Crippen molar-refractivity contribution in [1.82, 2.24) is 10.2 Å². The molecular formula is C23H32N2O10. The Morgan fingerprint density at radius 3 is 1.89 bits per heavy atom. The largest absolute Gasteiger partial charge is 0.492 e. The fraction of sp³-hybridized carbons (Fsp3) is 0.391. The SMILES string of the molecule is CN(C)CCCN[C@H]1COc2ccccc2[C@H](O)C1.O=C(O)/C=C\C(=O)O.O=C(O)/C=C\C(=O)O. The molecule has 2 atom stereocenters. The first-order chi connectivity index (χ1) is 16.4. The fourth-order valence-electron chi connectivity index (χ4n) is 2.67. The van der Waals surface area contributed by atoms with Gasteiger partial charge in [-0.15, -0.1) is 0 Å². The van der Waals surface area contributed by atoms with E-state index in [0.717, 1.165) is 30.8 Å². The molecule has 0 spiro atoms. The zero-order chi connectivity index (χ0) is 26.8. The number of aliphatic carboxylic acids is 4. The summed E-state index contributed by atoms with van der Waals surface area (Å²) in [5.74, 6) is -4.22. The van der Waals surface area contributed by atoms with Gasteiger partial charge in [-0.1, -0.05) is 18.2 Å². The first-order valence-corrected chi connectivity index (χ1v) is 10.5. The molecule has 35 heavy (non-hydrogen) atoms. The molecule has 1 aromatic rings. The van der Waals surface area contributed by atoms with Crippen molar-refractivity contribution >= 4 is 23.9 Å². The van der Waals surface area contributed by atoms with Crippen molar-refractivity contribution in [2.45, 2.75) is 25.0 Å². The highest BCUT2D eigenvalue weighted by atomic mass is 16.5. The van der Waals surface area contributed by atoms with Gasteiger partial charge in [0.15, 0.2) is 0 Å². The van der Waals surface area contributed by atoms with Gasteiger partial charge >= 0.3 is 23.9 Å². The highest BCUT2D eigenvalue weighted by molar-refractivity contribution is 5.90. The minimum Gasteiger partial charge on any atom is -0.492 e. The van der Waals surface area contributed by atoms with Crippen LogP contribution in [0.15, 0.2) is 48.6 Å². The smallest absolute Gasteiger partial charge is 0.328 e. The summed E-state index contributed by atoms with van der Waals surface area (Å²) in [6, 6.07) is 7.96. The lowest BCUT2D eigenvalue weighted by atomic mass is 10.0. The Labute approximate surface area is 202 Å². The quantitative estimate of drug-likeness (QED) is 0.209. The van der Waals surface area contributed by atoms with Gasteiger partial charge in [0.25, 0.3) is 0 Å². The van der Waals surface area contributed by atoms with Crippen molar-refractivity contribution in [3.05, 3.63) is 54.1 Å². The second-order valence-electron chi connectivity index (χ2n) is 7.43. The van der Waals surface area contributed by atoms with E-state index in [0.29, 0.717) is 37.3 Å². The lowest BCUT2D eigenvalue weighted by Gasteiger charge is -2.18. The van der Waals surface area contributed by atoms with Crippen LogP contribution in [0.25, 0.3) is 0 Å². The molecule has 0 aromatic heterocycles. The third kappa shape index (κ3) is 17.4. The van der Waals surface area contributed by atoms with Crippen molar-refractivity contribution in [3.8, 4) is 5.75 Å². The maximum atomic E-state index is 10.2. The van der Waals surface area contributed by atoms with E-state index in [9.17, 15) is 24.3 Å². The summed E-state index contributed by atoms with van der Waals surface area (Å²) in [6.45, 7) is 2.65. The lowest BCUT2D eigenvalue weighted by molar-refractivity contribution is -0.134. The van der Waals surface area contributed by atoms with Gasteiger partial charge in [0.05, 0.1) is 6.10 Å². The summed E-state index contributed by atoms with van der Waals surface area (Å²) >= 11 is 0. The highest BCUT2D eigenvalue weighted by Crippen LogP contribution is 2.30. The minimum absolute atomic E-state index is 0.213. The number of nitrogens with zero attached hydrogens (tertiary/aromatic N) is 1. The molecule has 12 heteroatoms. The number of aliphatic hydroxyl groups excluding tert-OH is 1. The first-order valence-electron chi connectivity index (χ1n) is 10.5. The fourth-order valence-corrected chi connectivity index (χ4v) is 2.67. The second kappa shape index (κ2) is 17.7. The molecule has 0 amide bonds. The highest BCUT2D eigenvalue weighted by Gasteiger charge is 2.23. The normalized spacial score (nSPS) is 16.7. The average Bonchev–Trinajstić information content (AvgIpc) is 2.93. The molecule has 6 N–H and O–H groups in total. The van der Waals surface area contributed by atoms with Crippen LogP contribution >= 0.6 is 0 Å². The molecule has 1 heterocycles. The molecule has 0 saturated heterocycles. The maximum absolute atomic E-state index is 10.2. The summed E-state index contributed by atoms with van der Waals surface area (Å²) in [4.78, 5) is 40.4. The maximum Gasteiger partial charge on any atom is 0.328 e. The van der Waals surface area contributed by atoms with Crippen LogP contribution in [0.4, 0.5) is 0 Å². The monoisotopic (exact) mass is 496 g/mol. The number of carbonyl (C=O) groups is 4. The number of rotatable bonds is 9. The number of para-hydroxylation sites is 1. The predicted octanol–water partition coefficient (Wildman–Crippen LogP) is 0.836. The van der Waals surface area contributed by atoms with Crippen LogP contribution in [0, 0.1) is 0 Å². The standard InChI is InChI=1S/C15H24N2O2.2C4H4O4/c1-17(2)9-5-8-16-12-10-14(18)13-6-3-4-7-15(13)19-11-12;2*5-3(6)1-2-4(7)8/h3-4,6-7,12,14,16,18H,5,8-11H2,1-2H3;2*1-2H,(H,5,6)(H,7,8)/b;2*2-1-/t12-,14-;;/m1../s1. The molecule has 12 nitrogen and oxygen atoms in total. The Bertz CT molecular complexity index is 817. The van der Waals surface area contributed by atoms with Gasteiger partial charge in [-0.05, 0) is 46.1 Å². The average molecular weight is 497 g/mol. The van der Waals surface area contributed by atoms with Crippen molar-refractivity contribution in [2.24, 2.45) is 0 Å². The lowest BCUT2D eigenvalue weighted by Crippen LogP contribution is -2.36. The van der Waals surface area contributed by atoms with Gasteiger partial charge in [-0.25, -0.2) is 19.2 Å². The number of ether oxygens (including phenoxy) is 1. The molecule has 0 aliphatic carbocycles. The van der Waals surface area contributed by atoms with Crippen molar-refractivity contribution < 1.29 is 49.4 Å². The van der Waals surface area contributed by atoms with Gasteiger partial charge in [0.2, 0.25) is 0 Å². The Hall–Kier alpha value is -3.74. The van der Waals surface area contributed by atoms with Gasteiger partial charge < -0.3 is 40.5 Å². The molecule has 1 aliphatic rings. The van der Waals surface area contributed by atoms with E-state index in [1.54, 1.807) is 0 Å². The number of hydrogen-bond donors (Lipinski definition) is 6. The summed E-state index contributed by atoms with van der Waals surface area (Å²) in [7, 11) is 4.16. The summed E-state index contributed by atoms with van der Waals surface area (Å²) in [6.07, 6.45) is 3.60. The molecule has 1 aliphatic heterocycles. The Morgan fingerprint density at radius 1 is 0.943 bits per heavy atom. The van der Waals surface area contributed by atoms with Gasteiger partial charge in [-0.2, -0.15) is 0 Å². The number of nitrogens with one attached hydrogen (secondary N) is 1. The van der Waals surface area contributed by atoms with Crippen LogP contribution in [0.3, 0.4) is 0 Å². The van der Waals surface area contributed by atoms with Crippen LogP contribution in [-0.2, 0) is 19.2 Å². The van der Waals surface area contributed by atoms with Crippen LogP contribution in [-0.4, -0.2) is 94.1 Å². The minimum atomic E-state index is -1.26. The van der Waals surface area contributed by atoms with E-state index in [1.165, 1.54) is 0 Å². The number of hydrogen-bond acceptors (Lipinski definition) is 8. The van der Waals surface area contributed by atoms with E-state index in [4.69, 9.17) is 25.2 Å². The Morgan fingerprint density at radius 2 is 1.43 bits per heavy atom. The predicted molar refractivity (Wildman–Crippen MR) is 125 cm³/mol. The number of carboxylic acid groups (broad SMARTS) is 4. The Balaban J connectivity index is 0.000000601. The molecule has 0 unspecified atom stereocenters. The van der Waals surface area contributed by atoms with E-state index >= 15 is 0 Å². The molecule has 0 saturated carbocycles. The van der Waals surface area contributed by atoms with Gasteiger partial charge in [0.1, 0.15) is 12.4 Å². The van der Waals surface area contributed by atoms with Crippen molar-refractivity contribution in [1.29, 1.82) is 0 Å². The third-order valence-corrected chi connectivity index (χ3v) is 4.18. The van der Waals surface area contributed by atoms with Gasteiger partial charge in [0, 0.05) is 35.9 Å². The summed E-state index contributed by atoms with van der Waals surface area (Å²) in [5.41, 5.74) is 0.903. The van der Waals surface area contributed by atoms with Gasteiger partial charge in [-0.3, -0.25) is 0 Å². The van der Waals surface area contributed by atoms with E-state index in [1.807, 2.05) is 24.3 Å². The van der Waals surface area contributed by atoms with E-state index in [2.05, 4.69) is 24.3 Å². The molecule has 1 aromatic carbocycles. The number of benzene rings is 1. The molecule has 0 fully saturated rings. The van der Waals surface area contributed by atoms with E-state index < -0.39 is 30.0 Å². The summed E-state index contributed by atoms with van der Waals surface area (Å²) in [5, 5.41) is 44.9. The zero-order valence-electron chi connectivity index (χ0n) is 19.5. The molecular weight excluding hydrogens is 464 g/mol. The van der Waals surface area contributed by atoms with Crippen LogP contribution in [0.1, 0.15) is 24.5 Å². The first kappa shape index (κ1) is 31.3. The van der Waals surface area contributed by atoms with E-state index in [-0.39, 0.29) is 6.04 Å². The third-order valence-electron chi connectivity index (χ3n) is 4.18. The summed E-state index contributed by atoms with van der Waals surface area (Å²) < 4.78 is 5.78. The second-order valence-corrected chi connectivity index (χ2v) is 7.43.